The Balaban J connectivity index is 0. The summed E-state index contributed by atoms with van der Waals surface area (Å²) in [4.78, 5) is 9.34. The van der Waals surface area contributed by atoms with E-state index in [-0.39, 0.29) is 0 Å². The molecule has 1 atom stereocenters. The van der Waals surface area contributed by atoms with Crippen LogP contribution >= 0.6 is 0 Å². The predicted octanol–water partition coefficient (Wildman–Crippen LogP) is -3.21. The molecule has 0 aliphatic heterocycles. The van der Waals surface area contributed by atoms with Crippen LogP contribution in [-0.4, -0.2) is 34.1 Å². The summed E-state index contributed by atoms with van der Waals surface area (Å²) in [6, 6.07) is 0. The van der Waals surface area contributed by atoms with Gasteiger partial charge in [0.25, 0.3) is 0 Å². The Bertz CT molecular complexity index is 103. The van der Waals surface area contributed by atoms with Gasteiger partial charge in [-0.05, 0) is 13.8 Å². The molecule has 0 aliphatic rings. The van der Waals surface area contributed by atoms with Crippen LogP contribution in [0.3, 0.4) is 0 Å². The molecule has 0 aliphatic carbocycles. The molecular formula is C5H13NO5. The second kappa shape index (κ2) is 7.42. The van der Waals surface area contributed by atoms with E-state index in [0.717, 1.165) is 6.92 Å². The number of carboxylic acid groups (broad SMARTS) is 1. The molecule has 68 valence electrons. The molecule has 4 N–H and O–H groups in total. The van der Waals surface area contributed by atoms with Crippen LogP contribution in [0.25, 0.3) is 0 Å². The van der Waals surface area contributed by atoms with E-state index in [0.29, 0.717) is 6.54 Å². The molecule has 6 nitrogen and oxygen atoms in total. The zero-order valence-electron chi connectivity index (χ0n) is 6.44. The smallest absolute Gasteiger partial charge is 0.137 e. The van der Waals surface area contributed by atoms with E-state index in [1.54, 1.807) is 6.92 Å². The van der Waals surface area contributed by atoms with E-state index < -0.39 is 17.3 Å². The standard InChI is InChI=1S/C3H6O3.C2H7NO2/c1-2(4)3(5)6;1-2-3(4)5/h2,4H,1H3,(H,5,6);4-5H,2H2,1H3. The number of carbonyl (C=O) groups excluding carboxylic acids is 1. The maximum atomic E-state index is 9.34. The summed E-state index contributed by atoms with van der Waals surface area (Å²) in [6.45, 7) is 3.13. The molecule has 1 unspecified atom stereocenters. The number of aliphatic hydroxyl groups is 1. The Morgan fingerprint density at radius 3 is 1.82 bits per heavy atom. The van der Waals surface area contributed by atoms with Crippen LogP contribution in [0.5, 0.6) is 0 Å². The summed E-state index contributed by atoms with van der Waals surface area (Å²) >= 11 is 0. The SMILES string of the molecule is CC(O)C(=O)[O-].CC[NH+](O)O. The van der Waals surface area contributed by atoms with Crippen LogP contribution < -0.4 is 10.3 Å². The summed E-state index contributed by atoms with van der Waals surface area (Å²) in [6.07, 6.45) is -1.34. The number of rotatable bonds is 2. The highest BCUT2D eigenvalue weighted by Gasteiger charge is 1.89. The molecule has 0 amide bonds. The molecular weight excluding hydrogens is 154 g/mol. The summed E-state index contributed by atoms with van der Waals surface area (Å²) in [5.74, 6) is -1.44. The molecule has 0 aromatic rings. The van der Waals surface area contributed by atoms with E-state index in [1.165, 1.54) is 0 Å². The Labute approximate surface area is 64.2 Å². The lowest BCUT2D eigenvalue weighted by molar-refractivity contribution is -1.24. The van der Waals surface area contributed by atoms with Crippen molar-refractivity contribution in [2.75, 3.05) is 6.54 Å². The third-order valence-electron chi connectivity index (χ3n) is 0.657. The first-order chi connectivity index (χ1) is 4.91. The van der Waals surface area contributed by atoms with Crippen molar-refractivity contribution in [2.24, 2.45) is 0 Å². The van der Waals surface area contributed by atoms with Crippen LogP contribution in [0.15, 0.2) is 0 Å². The van der Waals surface area contributed by atoms with Gasteiger partial charge in [-0.3, -0.25) is 0 Å². The van der Waals surface area contributed by atoms with Gasteiger partial charge in [0, 0.05) is 0 Å². The molecule has 0 bridgehead atoms. The number of hydrogen-bond acceptors (Lipinski definition) is 5. The van der Waals surface area contributed by atoms with Gasteiger partial charge in [-0.25, -0.2) is 0 Å². The molecule has 0 aromatic heterocycles. The molecule has 0 rings (SSSR count). The van der Waals surface area contributed by atoms with Crippen molar-refractivity contribution in [1.29, 1.82) is 0 Å². The summed E-state index contributed by atoms with van der Waals surface area (Å²) in [5.41, 5.74) is 0. The average Bonchev–Trinajstić information content (AvgIpc) is 1.89. The highest BCUT2D eigenvalue weighted by atomic mass is 16.8. The number of carbonyl (C=O) groups is 1. The van der Waals surface area contributed by atoms with E-state index in [1.807, 2.05) is 0 Å². The number of carboxylic acids is 1. The Hall–Kier alpha value is -0.690. The van der Waals surface area contributed by atoms with E-state index >= 15 is 0 Å². The number of quaternary nitrogens is 1. The van der Waals surface area contributed by atoms with Crippen molar-refractivity contribution >= 4 is 5.97 Å². The minimum atomic E-state index is -1.44. The van der Waals surface area contributed by atoms with Gasteiger partial charge >= 0.3 is 0 Å². The molecule has 0 aromatic carbocycles. The van der Waals surface area contributed by atoms with E-state index in [2.05, 4.69) is 0 Å². The van der Waals surface area contributed by atoms with E-state index in [4.69, 9.17) is 15.5 Å². The van der Waals surface area contributed by atoms with Crippen molar-refractivity contribution in [3.63, 3.8) is 0 Å². The number of hydroxylamine groups is 2. The van der Waals surface area contributed by atoms with Crippen molar-refractivity contribution in [3.05, 3.63) is 0 Å². The van der Waals surface area contributed by atoms with Crippen LogP contribution in [0.2, 0.25) is 0 Å². The average molecular weight is 167 g/mol. The monoisotopic (exact) mass is 167 g/mol. The summed E-state index contributed by atoms with van der Waals surface area (Å²) in [7, 11) is 0. The predicted molar refractivity (Wildman–Crippen MR) is 31.8 cm³/mol. The largest absolute Gasteiger partial charge is 0.547 e. The summed E-state index contributed by atoms with van der Waals surface area (Å²) < 4.78 is 0. The summed E-state index contributed by atoms with van der Waals surface area (Å²) in [5, 5.41) is 32.5. The second-order valence-corrected chi connectivity index (χ2v) is 1.76. The van der Waals surface area contributed by atoms with Gasteiger partial charge in [0.15, 0.2) is 0 Å². The Kier molecular flexibility index (Phi) is 8.73. The fraction of sp³-hybridized carbons (Fsp3) is 0.800. The van der Waals surface area contributed by atoms with Gasteiger partial charge in [0.1, 0.15) is 6.54 Å². The molecule has 0 saturated heterocycles. The molecule has 0 heterocycles. The number of aliphatic carboxylic acids is 1. The molecule has 11 heavy (non-hydrogen) atoms. The molecule has 0 fully saturated rings. The third-order valence-corrected chi connectivity index (χ3v) is 0.657. The number of aliphatic hydroxyl groups excluding tert-OH is 1. The fourth-order valence-electron chi connectivity index (χ4n) is 0. The van der Waals surface area contributed by atoms with Crippen molar-refractivity contribution in [1.82, 2.24) is 0 Å². The third kappa shape index (κ3) is 17.6. The topological polar surface area (TPSA) is 105 Å². The quantitative estimate of drug-likeness (QED) is 0.324. The minimum Gasteiger partial charge on any atom is -0.547 e. The number of hydrogen-bond donors (Lipinski definition) is 4. The van der Waals surface area contributed by atoms with Crippen molar-refractivity contribution < 1.29 is 30.6 Å². The first-order valence-electron chi connectivity index (χ1n) is 3.04. The minimum absolute atomic E-state index is 0.333. The van der Waals surface area contributed by atoms with Crippen LogP contribution in [0.4, 0.5) is 0 Å². The highest BCUT2D eigenvalue weighted by molar-refractivity contribution is 5.68. The van der Waals surface area contributed by atoms with Gasteiger partial charge in [-0.15, -0.1) is 0 Å². The lowest BCUT2D eigenvalue weighted by atomic mass is 10.4. The molecule has 0 radical (unpaired) electrons. The lowest BCUT2D eigenvalue weighted by Gasteiger charge is -2.00. The molecule has 0 saturated carbocycles. The Morgan fingerprint density at radius 1 is 1.64 bits per heavy atom. The van der Waals surface area contributed by atoms with Crippen LogP contribution in [0.1, 0.15) is 13.8 Å². The van der Waals surface area contributed by atoms with Crippen molar-refractivity contribution in [3.8, 4) is 0 Å². The van der Waals surface area contributed by atoms with Crippen LogP contribution in [-0.2, 0) is 4.79 Å². The van der Waals surface area contributed by atoms with E-state index in [9.17, 15) is 9.90 Å². The first-order valence-corrected chi connectivity index (χ1v) is 3.04. The van der Waals surface area contributed by atoms with Crippen LogP contribution in [0, 0.1) is 0 Å². The fourth-order valence-corrected chi connectivity index (χ4v) is 0. The first kappa shape index (κ1) is 12.9. The maximum Gasteiger partial charge on any atom is 0.137 e. The molecule has 0 spiro atoms. The zero-order valence-corrected chi connectivity index (χ0v) is 6.44. The van der Waals surface area contributed by atoms with Gasteiger partial charge in [0.05, 0.1) is 12.1 Å². The van der Waals surface area contributed by atoms with Gasteiger partial charge in [-0.1, -0.05) is 5.23 Å². The van der Waals surface area contributed by atoms with Gasteiger partial charge in [0.2, 0.25) is 0 Å². The molecule has 6 heteroatoms. The van der Waals surface area contributed by atoms with Gasteiger partial charge < -0.3 is 15.0 Å². The number of nitrogens with one attached hydrogen (secondary N) is 1. The highest BCUT2D eigenvalue weighted by Crippen LogP contribution is 1.69. The van der Waals surface area contributed by atoms with Gasteiger partial charge in [-0.2, -0.15) is 10.4 Å². The Morgan fingerprint density at radius 2 is 1.82 bits per heavy atom. The second-order valence-electron chi connectivity index (χ2n) is 1.76. The normalized spacial score (nSPS) is 11.8. The maximum absolute atomic E-state index is 9.34. The van der Waals surface area contributed by atoms with Crippen molar-refractivity contribution in [2.45, 2.75) is 20.0 Å². The zero-order chi connectivity index (χ0) is 9.44. The lowest BCUT2D eigenvalue weighted by Crippen LogP contribution is -3.06.